The molecule has 0 aliphatic carbocycles. The number of hydrogen-bond acceptors (Lipinski definition) is 2. The fraction of sp³-hybridized carbons (Fsp3) is 0.455. The maximum Gasteiger partial charge on any atom is 0.0696 e. The molecular weight excluding hydrogens is 160 g/mol. The standard InChI is InChI=1S/C11H14N2/c1-11(2)10-7-12-8-5-3-4-6-9(8)13(10)11/h3-6,10,12H,7H2,1-2H3. The molecule has 0 spiro atoms. The molecule has 0 bridgehead atoms. The summed E-state index contributed by atoms with van der Waals surface area (Å²) in [5, 5.41) is 3.47. The summed E-state index contributed by atoms with van der Waals surface area (Å²) in [5.74, 6) is 0. The van der Waals surface area contributed by atoms with Gasteiger partial charge in [0, 0.05) is 6.54 Å². The second kappa shape index (κ2) is 2.00. The second-order valence-corrected chi connectivity index (χ2v) is 4.44. The highest BCUT2D eigenvalue weighted by molar-refractivity contribution is 5.78. The second-order valence-electron chi connectivity index (χ2n) is 4.44. The van der Waals surface area contributed by atoms with Gasteiger partial charge >= 0.3 is 0 Å². The number of fused-ring (bicyclic) bond motifs is 3. The van der Waals surface area contributed by atoms with Crippen LogP contribution in [0.4, 0.5) is 11.4 Å². The number of nitrogens with one attached hydrogen (secondary N) is 1. The Hall–Kier alpha value is -1.18. The first kappa shape index (κ1) is 7.25. The van der Waals surface area contributed by atoms with E-state index in [4.69, 9.17) is 0 Å². The van der Waals surface area contributed by atoms with E-state index in [1.807, 2.05) is 0 Å². The summed E-state index contributed by atoms with van der Waals surface area (Å²) in [6.45, 7) is 5.70. The Balaban J connectivity index is 2.10. The van der Waals surface area contributed by atoms with Crippen LogP contribution >= 0.6 is 0 Å². The SMILES string of the molecule is CC1(C)C2CNc3ccccc3N21. The minimum absolute atomic E-state index is 0.361. The third-order valence-corrected chi connectivity index (χ3v) is 3.33. The molecule has 2 aliphatic rings. The van der Waals surface area contributed by atoms with Crippen LogP contribution in [0.1, 0.15) is 13.8 Å². The van der Waals surface area contributed by atoms with Crippen molar-refractivity contribution in [2.45, 2.75) is 25.4 Å². The Morgan fingerprint density at radius 3 is 3.00 bits per heavy atom. The Morgan fingerprint density at radius 1 is 1.38 bits per heavy atom. The molecule has 3 rings (SSSR count). The molecule has 1 unspecified atom stereocenters. The average molecular weight is 174 g/mol. The highest BCUT2D eigenvalue weighted by Crippen LogP contribution is 2.50. The van der Waals surface area contributed by atoms with Crippen LogP contribution in [0, 0.1) is 0 Å². The first-order chi connectivity index (χ1) is 6.21. The highest BCUT2D eigenvalue weighted by Gasteiger charge is 2.57. The van der Waals surface area contributed by atoms with Crippen LogP contribution in [0.5, 0.6) is 0 Å². The molecule has 1 fully saturated rings. The van der Waals surface area contributed by atoms with Gasteiger partial charge in [0.25, 0.3) is 0 Å². The van der Waals surface area contributed by atoms with Gasteiger partial charge in [0.1, 0.15) is 0 Å². The zero-order valence-electron chi connectivity index (χ0n) is 8.04. The summed E-state index contributed by atoms with van der Waals surface area (Å²) < 4.78 is 0. The van der Waals surface area contributed by atoms with Gasteiger partial charge in [-0.2, -0.15) is 0 Å². The van der Waals surface area contributed by atoms with Crippen LogP contribution < -0.4 is 10.2 Å². The van der Waals surface area contributed by atoms with E-state index in [-0.39, 0.29) is 0 Å². The third kappa shape index (κ3) is 0.781. The number of para-hydroxylation sites is 2. The Morgan fingerprint density at radius 2 is 2.15 bits per heavy atom. The van der Waals surface area contributed by atoms with E-state index in [1.165, 1.54) is 11.4 Å². The van der Waals surface area contributed by atoms with Gasteiger partial charge in [0.2, 0.25) is 0 Å². The summed E-state index contributed by atoms with van der Waals surface area (Å²) in [5.41, 5.74) is 3.01. The number of nitrogens with zero attached hydrogens (tertiary/aromatic N) is 1. The molecule has 2 heterocycles. The fourth-order valence-corrected chi connectivity index (χ4v) is 2.43. The normalized spacial score (nSPS) is 27.2. The lowest BCUT2D eigenvalue weighted by Gasteiger charge is -2.18. The van der Waals surface area contributed by atoms with Crippen LogP contribution in [-0.2, 0) is 0 Å². The van der Waals surface area contributed by atoms with Crippen molar-refractivity contribution < 1.29 is 0 Å². The van der Waals surface area contributed by atoms with Gasteiger partial charge in [-0.3, -0.25) is 0 Å². The summed E-state index contributed by atoms with van der Waals surface area (Å²) in [4.78, 5) is 2.50. The maximum atomic E-state index is 3.47. The maximum absolute atomic E-state index is 3.47. The van der Waals surface area contributed by atoms with Gasteiger partial charge in [-0.25, -0.2) is 0 Å². The molecular formula is C11H14N2. The van der Waals surface area contributed by atoms with Crippen molar-refractivity contribution >= 4 is 11.4 Å². The smallest absolute Gasteiger partial charge is 0.0696 e. The molecule has 0 radical (unpaired) electrons. The van der Waals surface area contributed by atoms with Crippen LogP contribution in [0.25, 0.3) is 0 Å². The van der Waals surface area contributed by atoms with Crippen molar-refractivity contribution in [3.05, 3.63) is 24.3 Å². The largest absolute Gasteiger partial charge is 0.381 e. The molecule has 13 heavy (non-hydrogen) atoms. The molecule has 2 heteroatoms. The Kier molecular flexibility index (Phi) is 1.12. The predicted octanol–water partition coefficient (Wildman–Crippen LogP) is 2.08. The fourth-order valence-electron chi connectivity index (χ4n) is 2.43. The molecule has 0 amide bonds. The van der Waals surface area contributed by atoms with Crippen molar-refractivity contribution in [1.82, 2.24) is 0 Å². The number of benzene rings is 1. The minimum atomic E-state index is 0.361. The molecule has 1 N–H and O–H groups in total. The van der Waals surface area contributed by atoms with Crippen molar-refractivity contribution in [3.8, 4) is 0 Å². The summed E-state index contributed by atoms with van der Waals surface area (Å²) >= 11 is 0. The first-order valence-electron chi connectivity index (χ1n) is 4.83. The van der Waals surface area contributed by atoms with E-state index in [2.05, 4.69) is 48.3 Å². The van der Waals surface area contributed by atoms with E-state index in [0.29, 0.717) is 11.6 Å². The molecule has 1 aromatic rings. The lowest BCUT2D eigenvalue weighted by molar-refractivity contribution is 0.762. The van der Waals surface area contributed by atoms with Crippen LogP contribution in [0.15, 0.2) is 24.3 Å². The number of hydrogen-bond donors (Lipinski definition) is 1. The molecule has 2 nitrogen and oxygen atoms in total. The van der Waals surface area contributed by atoms with E-state index in [0.717, 1.165) is 6.54 Å². The molecule has 0 aromatic heterocycles. The minimum Gasteiger partial charge on any atom is -0.381 e. The van der Waals surface area contributed by atoms with E-state index < -0.39 is 0 Å². The molecule has 0 saturated carbocycles. The van der Waals surface area contributed by atoms with Crippen LogP contribution in [-0.4, -0.2) is 18.1 Å². The quantitative estimate of drug-likeness (QED) is 0.606. The van der Waals surface area contributed by atoms with Gasteiger partial charge in [0.15, 0.2) is 0 Å². The lowest BCUT2D eigenvalue weighted by Crippen LogP contribution is -2.18. The third-order valence-electron chi connectivity index (χ3n) is 3.33. The van der Waals surface area contributed by atoms with E-state index >= 15 is 0 Å². The van der Waals surface area contributed by atoms with Crippen LogP contribution in [0.3, 0.4) is 0 Å². The number of anilines is 2. The lowest BCUT2D eigenvalue weighted by atomic mass is 10.1. The number of rotatable bonds is 0. The van der Waals surface area contributed by atoms with Gasteiger partial charge in [-0.1, -0.05) is 12.1 Å². The topological polar surface area (TPSA) is 15.0 Å². The zero-order valence-corrected chi connectivity index (χ0v) is 8.04. The summed E-state index contributed by atoms with van der Waals surface area (Å²) in [6.07, 6.45) is 0. The molecule has 1 saturated heterocycles. The van der Waals surface area contributed by atoms with E-state index in [9.17, 15) is 0 Å². The average Bonchev–Trinajstić information content (AvgIpc) is 2.70. The highest BCUT2D eigenvalue weighted by atomic mass is 15.4. The van der Waals surface area contributed by atoms with Crippen LogP contribution in [0.2, 0.25) is 0 Å². The summed E-state index contributed by atoms with van der Waals surface area (Å²) in [6, 6.07) is 9.24. The molecule has 1 atom stereocenters. The first-order valence-corrected chi connectivity index (χ1v) is 4.83. The predicted molar refractivity (Wildman–Crippen MR) is 55.3 cm³/mol. The van der Waals surface area contributed by atoms with Gasteiger partial charge < -0.3 is 10.2 Å². The molecule has 2 aliphatic heterocycles. The van der Waals surface area contributed by atoms with Gasteiger partial charge in [0.05, 0.1) is 23.0 Å². The van der Waals surface area contributed by atoms with Crippen molar-refractivity contribution in [2.24, 2.45) is 0 Å². The summed E-state index contributed by atoms with van der Waals surface area (Å²) in [7, 11) is 0. The van der Waals surface area contributed by atoms with Gasteiger partial charge in [-0.05, 0) is 26.0 Å². The van der Waals surface area contributed by atoms with Gasteiger partial charge in [-0.15, -0.1) is 0 Å². The molecule has 1 aromatic carbocycles. The van der Waals surface area contributed by atoms with Crippen molar-refractivity contribution in [2.75, 3.05) is 16.8 Å². The Bertz CT molecular complexity index is 357. The van der Waals surface area contributed by atoms with E-state index in [1.54, 1.807) is 0 Å². The monoisotopic (exact) mass is 174 g/mol. The Labute approximate surface area is 78.6 Å². The zero-order chi connectivity index (χ0) is 9.05. The molecule has 68 valence electrons. The van der Waals surface area contributed by atoms with Crippen molar-refractivity contribution in [3.63, 3.8) is 0 Å². The van der Waals surface area contributed by atoms with Crippen molar-refractivity contribution in [1.29, 1.82) is 0 Å².